The number of nitrogens with one attached hydrogen (secondary N) is 1. The van der Waals surface area contributed by atoms with Crippen molar-refractivity contribution in [3.8, 4) is 0 Å². The number of hydrogen-bond acceptors (Lipinski definition) is 5. The summed E-state index contributed by atoms with van der Waals surface area (Å²) in [5.41, 5.74) is 2.65. The van der Waals surface area contributed by atoms with Gasteiger partial charge in [-0.2, -0.15) is 17.0 Å². The highest BCUT2D eigenvalue weighted by Crippen LogP contribution is 2.19. The average Bonchev–Trinajstić information content (AvgIpc) is 3.18. The van der Waals surface area contributed by atoms with Gasteiger partial charge < -0.3 is 5.32 Å². The van der Waals surface area contributed by atoms with Crippen molar-refractivity contribution >= 4 is 21.5 Å². The van der Waals surface area contributed by atoms with E-state index in [4.69, 9.17) is 0 Å². The molecule has 0 bridgehead atoms. The molecule has 0 saturated heterocycles. The van der Waals surface area contributed by atoms with Crippen molar-refractivity contribution < 1.29 is 8.42 Å². The lowest BCUT2D eigenvalue weighted by Gasteiger charge is -2.24. The average molecular weight is 332 g/mol. The number of thiazole rings is 1. The maximum Gasteiger partial charge on any atom is 0.281 e. The summed E-state index contributed by atoms with van der Waals surface area (Å²) in [6.45, 7) is 3.69. The van der Waals surface area contributed by atoms with E-state index in [0.717, 1.165) is 23.5 Å². The Labute approximate surface area is 131 Å². The van der Waals surface area contributed by atoms with Crippen LogP contribution in [-0.4, -0.2) is 55.2 Å². The van der Waals surface area contributed by atoms with E-state index in [1.165, 1.54) is 32.8 Å². The van der Waals surface area contributed by atoms with Crippen LogP contribution in [0.4, 0.5) is 0 Å². The van der Waals surface area contributed by atoms with Gasteiger partial charge in [-0.05, 0) is 32.7 Å². The summed E-state index contributed by atoms with van der Waals surface area (Å²) in [7, 11) is -0.139. The summed E-state index contributed by atoms with van der Waals surface area (Å²) in [4.78, 5) is 5.15. The molecule has 2 rings (SSSR count). The normalized spacial score (nSPS) is 16.0. The predicted molar refractivity (Wildman–Crippen MR) is 85.5 cm³/mol. The summed E-state index contributed by atoms with van der Waals surface area (Å²) in [5, 5.41) is 3.39. The Morgan fingerprint density at radius 1 is 1.38 bits per heavy atom. The van der Waals surface area contributed by atoms with Gasteiger partial charge in [0.1, 0.15) is 0 Å². The summed E-state index contributed by atoms with van der Waals surface area (Å²) in [5.74, 6) is 0. The molecule has 21 heavy (non-hydrogen) atoms. The Morgan fingerprint density at radius 2 is 2.10 bits per heavy atom. The summed E-state index contributed by atoms with van der Waals surface area (Å²) in [6, 6.07) is 0.670. The van der Waals surface area contributed by atoms with Gasteiger partial charge in [-0.3, -0.25) is 0 Å². The van der Waals surface area contributed by atoms with Crippen molar-refractivity contribution in [1.82, 2.24) is 18.9 Å². The largest absolute Gasteiger partial charge is 0.314 e. The first-order valence-electron chi connectivity index (χ1n) is 7.21. The minimum Gasteiger partial charge on any atom is -0.314 e. The third-order valence-corrected chi connectivity index (χ3v) is 6.47. The van der Waals surface area contributed by atoms with Gasteiger partial charge in [-0.1, -0.05) is 0 Å². The van der Waals surface area contributed by atoms with Crippen LogP contribution in [0.15, 0.2) is 5.51 Å². The molecule has 0 radical (unpaired) electrons. The zero-order valence-electron chi connectivity index (χ0n) is 12.9. The van der Waals surface area contributed by atoms with Crippen molar-refractivity contribution in [2.75, 3.05) is 27.2 Å². The molecule has 1 saturated carbocycles. The fourth-order valence-electron chi connectivity index (χ4n) is 2.01. The van der Waals surface area contributed by atoms with Gasteiger partial charge in [-0.25, -0.2) is 4.98 Å². The van der Waals surface area contributed by atoms with Crippen molar-refractivity contribution in [3.05, 3.63) is 16.1 Å². The Hall–Kier alpha value is -0.540. The molecular formula is C13H24N4O2S2. The highest BCUT2D eigenvalue weighted by Gasteiger charge is 2.25. The SMILES string of the molecule is Cc1ncsc1CN(C)S(=O)(=O)N(C)CCCNC1CC1. The van der Waals surface area contributed by atoms with Crippen LogP contribution < -0.4 is 5.32 Å². The zero-order valence-corrected chi connectivity index (χ0v) is 14.5. The molecule has 6 nitrogen and oxygen atoms in total. The van der Waals surface area contributed by atoms with E-state index in [9.17, 15) is 8.42 Å². The second kappa shape index (κ2) is 7.15. The second-order valence-corrected chi connectivity index (χ2v) is 8.61. The minimum atomic E-state index is -3.40. The summed E-state index contributed by atoms with van der Waals surface area (Å²) in [6.07, 6.45) is 3.34. The van der Waals surface area contributed by atoms with Crippen molar-refractivity contribution in [3.63, 3.8) is 0 Å². The van der Waals surface area contributed by atoms with E-state index in [-0.39, 0.29) is 0 Å². The molecule has 0 aliphatic heterocycles. The molecule has 1 aliphatic carbocycles. The van der Waals surface area contributed by atoms with Crippen LogP contribution in [-0.2, 0) is 16.8 Å². The van der Waals surface area contributed by atoms with Crippen LogP contribution in [0.3, 0.4) is 0 Å². The van der Waals surface area contributed by atoms with E-state index in [1.54, 1.807) is 19.6 Å². The van der Waals surface area contributed by atoms with E-state index < -0.39 is 10.2 Å². The number of hydrogen-bond donors (Lipinski definition) is 1. The topological polar surface area (TPSA) is 65.5 Å². The molecule has 0 spiro atoms. The standard InChI is InChI=1S/C13H24N4O2S2/c1-11-13(20-10-15-11)9-17(3)21(18,19)16(2)8-4-7-14-12-5-6-12/h10,12,14H,4-9H2,1-3H3. The Morgan fingerprint density at radius 3 is 2.67 bits per heavy atom. The molecular weight excluding hydrogens is 308 g/mol. The Balaban J connectivity index is 1.81. The van der Waals surface area contributed by atoms with Gasteiger partial charge >= 0.3 is 0 Å². The van der Waals surface area contributed by atoms with Crippen molar-refractivity contribution in [1.29, 1.82) is 0 Å². The molecule has 1 fully saturated rings. The first kappa shape index (κ1) is 16.8. The third-order valence-electron chi connectivity index (χ3n) is 3.66. The lowest BCUT2D eigenvalue weighted by Crippen LogP contribution is -2.40. The number of aryl methyl sites for hydroxylation is 1. The number of aromatic nitrogens is 1. The molecule has 0 amide bonds. The second-order valence-electron chi connectivity index (χ2n) is 5.53. The maximum absolute atomic E-state index is 12.4. The van der Waals surface area contributed by atoms with E-state index in [1.807, 2.05) is 6.92 Å². The van der Waals surface area contributed by atoms with E-state index >= 15 is 0 Å². The van der Waals surface area contributed by atoms with Crippen LogP contribution in [0.1, 0.15) is 29.8 Å². The molecule has 1 aromatic heterocycles. The molecule has 120 valence electrons. The van der Waals surface area contributed by atoms with Crippen LogP contribution in [0, 0.1) is 6.92 Å². The Bertz CT molecular complexity index is 554. The van der Waals surface area contributed by atoms with E-state index in [2.05, 4.69) is 10.3 Å². The Kier molecular flexibility index (Phi) is 5.73. The van der Waals surface area contributed by atoms with Gasteiger partial charge in [0.2, 0.25) is 0 Å². The van der Waals surface area contributed by atoms with Crippen LogP contribution in [0.5, 0.6) is 0 Å². The molecule has 0 atom stereocenters. The van der Waals surface area contributed by atoms with Gasteiger partial charge in [0.25, 0.3) is 10.2 Å². The number of rotatable bonds is 9. The smallest absolute Gasteiger partial charge is 0.281 e. The monoisotopic (exact) mass is 332 g/mol. The first-order valence-corrected chi connectivity index (χ1v) is 9.49. The molecule has 8 heteroatoms. The number of nitrogens with zero attached hydrogens (tertiary/aromatic N) is 3. The van der Waals surface area contributed by atoms with Crippen LogP contribution in [0.2, 0.25) is 0 Å². The maximum atomic E-state index is 12.4. The highest BCUT2D eigenvalue weighted by atomic mass is 32.2. The van der Waals surface area contributed by atoms with Crippen LogP contribution >= 0.6 is 11.3 Å². The molecule has 1 aromatic rings. The molecule has 1 aliphatic rings. The lowest BCUT2D eigenvalue weighted by molar-refractivity contribution is 0.385. The molecule has 1 N–H and O–H groups in total. The first-order chi connectivity index (χ1) is 9.91. The molecule has 0 unspecified atom stereocenters. The zero-order chi connectivity index (χ0) is 15.5. The highest BCUT2D eigenvalue weighted by molar-refractivity contribution is 7.86. The van der Waals surface area contributed by atoms with Gasteiger partial charge in [-0.15, -0.1) is 11.3 Å². The van der Waals surface area contributed by atoms with Crippen LogP contribution in [0.25, 0.3) is 0 Å². The lowest BCUT2D eigenvalue weighted by atomic mass is 10.4. The van der Waals surface area contributed by atoms with Crippen molar-refractivity contribution in [2.24, 2.45) is 0 Å². The summed E-state index contributed by atoms with van der Waals surface area (Å²) < 4.78 is 27.7. The van der Waals surface area contributed by atoms with Gasteiger partial charge in [0.05, 0.1) is 17.7 Å². The van der Waals surface area contributed by atoms with Gasteiger partial charge in [0.15, 0.2) is 0 Å². The van der Waals surface area contributed by atoms with Crippen molar-refractivity contribution in [2.45, 2.75) is 38.8 Å². The quantitative estimate of drug-likeness (QED) is 0.690. The summed E-state index contributed by atoms with van der Waals surface area (Å²) >= 11 is 1.49. The third kappa shape index (κ3) is 4.72. The minimum absolute atomic E-state index is 0.378. The van der Waals surface area contributed by atoms with Gasteiger partial charge in [0, 0.05) is 31.6 Å². The fourth-order valence-corrected chi connectivity index (χ4v) is 4.05. The molecule has 1 heterocycles. The predicted octanol–water partition coefficient (Wildman–Crippen LogP) is 1.20. The molecule has 0 aromatic carbocycles. The fraction of sp³-hybridized carbons (Fsp3) is 0.769. The van der Waals surface area contributed by atoms with E-state index in [0.29, 0.717) is 19.1 Å².